The van der Waals surface area contributed by atoms with Crippen LogP contribution in [0.4, 0.5) is 0 Å². The van der Waals surface area contributed by atoms with Crippen molar-refractivity contribution < 1.29 is 17.9 Å². The van der Waals surface area contributed by atoms with E-state index in [-0.39, 0.29) is 16.4 Å². The largest absolute Gasteiger partial charge is 0.496 e. The highest BCUT2D eigenvalue weighted by Crippen LogP contribution is 2.27. The van der Waals surface area contributed by atoms with Crippen LogP contribution < -0.4 is 10.1 Å². The molecule has 0 unspecified atom stereocenters. The van der Waals surface area contributed by atoms with Gasteiger partial charge in [0.25, 0.3) is 5.91 Å². The Morgan fingerprint density at radius 2 is 1.81 bits per heavy atom. The standard InChI is InChI=1S/C24H32N2O4S/c1-18-6-8-20(9-7-18)5-4-14-25-24(27)22-17-21(10-11-23(22)30-3)31(28,29)26-15-12-19(2)13-16-26/h6-11,17,19H,4-5,12-16H2,1-3H3,(H,25,27). The van der Waals surface area contributed by atoms with Gasteiger partial charge in [0, 0.05) is 19.6 Å². The lowest BCUT2D eigenvalue weighted by molar-refractivity contribution is 0.0950. The number of ether oxygens (including phenoxy) is 1. The number of carbonyl (C=O) groups excluding carboxylic acids is 1. The molecule has 3 rings (SSSR count). The van der Waals surface area contributed by atoms with Crippen molar-refractivity contribution >= 4 is 15.9 Å². The SMILES string of the molecule is COc1ccc(S(=O)(=O)N2CCC(C)CC2)cc1C(=O)NCCCc1ccc(C)cc1. The van der Waals surface area contributed by atoms with Gasteiger partial charge in [0.05, 0.1) is 17.6 Å². The van der Waals surface area contributed by atoms with Crippen molar-refractivity contribution in [3.8, 4) is 5.75 Å². The summed E-state index contributed by atoms with van der Waals surface area (Å²) in [5.74, 6) is 0.566. The van der Waals surface area contributed by atoms with Crippen LogP contribution in [0, 0.1) is 12.8 Å². The lowest BCUT2D eigenvalue weighted by atomic mass is 10.0. The number of hydrogen-bond acceptors (Lipinski definition) is 4. The first-order valence-electron chi connectivity index (χ1n) is 10.8. The number of benzene rings is 2. The molecule has 2 aromatic rings. The quantitative estimate of drug-likeness (QED) is 0.629. The van der Waals surface area contributed by atoms with Gasteiger partial charge in [0.15, 0.2) is 0 Å². The van der Waals surface area contributed by atoms with Crippen molar-refractivity contribution in [2.45, 2.75) is 44.4 Å². The Bertz CT molecular complexity index is 995. The van der Waals surface area contributed by atoms with Crippen molar-refractivity contribution in [3.05, 3.63) is 59.2 Å². The highest BCUT2D eigenvalue weighted by atomic mass is 32.2. The molecular formula is C24H32N2O4S. The summed E-state index contributed by atoms with van der Waals surface area (Å²) in [7, 11) is -2.16. The van der Waals surface area contributed by atoms with Gasteiger partial charge in [-0.3, -0.25) is 4.79 Å². The lowest BCUT2D eigenvalue weighted by Crippen LogP contribution is -2.38. The molecule has 0 aliphatic carbocycles. The number of sulfonamides is 1. The Morgan fingerprint density at radius 1 is 1.13 bits per heavy atom. The highest BCUT2D eigenvalue weighted by molar-refractivity contribution is 7.89. The van der Waals surface area contributed by atoms with E-state index in [1.54, 1.807) is 6.07 Å². The predicted octanol–water partition coefficient (Wildman–Crippen LogP) is 3.79. The van der Waals surface area contributed by atoms with Crippen LogP contribution in [0.25, 0.3) is 0 Å². The number of aryl methyl sites for hydroxylation is 2. The molecule has 0 spiro atoms. The van der Waals surface area contributed by atoms with Crippen LogP contribution in [0.1, 0.15) is 47.7 Å². The van der Waals surface area contributed by atoms with E-state index in [0.717, 1.165) is 25.7 Å². The summed E-state index contributed by atoms with van der Waals surface area (Å²) in [5, 5.41) is 2.89. The third-order valence-electron chi connectivity index (χ3n) is 5.84. The maximum absolute atomic E-state index is 13.1. The van der Waals surface area contributed by atoms with E-state index in [1.165, 1.54) is 34.7 Å². The first-order chi connectivity index (χ1) is 14.8. The number of hydrogen-bond donors (Lipinski definition) is 1. The van der Waals surface area contributed by atoms with Gasteiger partial charge in [-0.25, -0.2) is 8.42 Å². The summed E-state index contributed by atoms with van der Waals surface area (Å²) >= 11 is 0. The molecule has 1 N–H and O–H groups in total. The minimum Gasteiger partial charge on any atom is -0.496 e. The average molecular weight is 445 g/mol. The third-order valence-corrected chi connectivity index (χ3v) is 7.74. The van der Waals surface area contributed by atoms with Crippen LogP contribution in [0.15, 0.2) is 47.4 Å². The monoisotopic (exact) mass is 444 g/mol. The van der Waals surface area contributed by atoms with Gasteiger partial charge in [0.1, 0.15) is 5.75 Å². The number of nitrogens with zero attached hydrogens (tertiary/aromatic N) is 1. The Kier molecular flexibility index (Phi) is 7.73. The summed E-state index contributed by atoms with van der Waals surface area (Å²) in [6.45, 7) is 5.71. The first-order valence-corrected chi connectivity index (χ1v) is 12.3. The van der Waals surface area contributed by atoms with Gasteiger partial charge < -0.3 is 10.1 Å². The number of nitrogens with one attached hydrogen (secondary N) is 1. The molecule has 1 aliphatic heterocycles. The Hall–Kier alpha value is -2.38. The van der Waals surface area contributed by atoms with E-state index in [9.17, 15) is 13.2 Å². The molecule has 0 saturated carbocycles. The minimum atomic E-state index is -3.63. The van der Waals surface area contributed by atoms with Gasteiger partial charge in [-0.05, 0) is 62.3 Å². The fourth-order valence-electron chi connectivity index (χ4n) is 3.74. The Morgan fingerprint density at radius 3 is 2.45 bits per heavy atom. The first kappa shape index (κ1) is 23.3. The smallest absolute Gasteiger partial charge is 0.255 e. The molecule has 31 heavy (non-hydrogen) atoms. The summed E-state index contributed by atoms with van der Waals surface area (Å²) in [4.78, 5) is 12.9. The van der Waals surface area contributed by atoms with Crippen molar-refractivity contribution in [2.75, 3.05) is 26.7 Å². The predicted molar refractivity (Wildman–Crippen MR) is 122 cm³/mol. The molecule has 168 valence electrons. The Labute approximate surface area is 185 Å². The minimum absolute atomic E-state index is 0.132. The highest BCUT2D eigenvalue weighted by Gasteiger charge is 2.29. The molecular weight excluding hydrogens is 412 g/mol. The maximum Gasteiger partial charge on any atom is 0.255 e. The number of methoxy groups -OCH3 is 1. The molecule has 7 heteroatoms. The number of carbonyl (C=O) groups is 1. The summed E-state index contributed by atoms with van der Waals surface area (Å²) in [6.07, 6.45) is 3.36. The normalized spacial score (nSPS) is 15.6. The molecule has 0 aromatic heterocycles. The lowest BCUT2D eigenvalue weighted by Gasteiger charge is -2.29. The van der Waals surface area contributed by atoms with E-state index in [0.29, 0.717) is 31.3 Å². The summed E-state index contributed by atoms with van der Waals surface area (Å²) in [5.41, 5.74) is 2.68. The van der Waals surface area contributed by atoms with Crippen molar-refractivity contribution in [3.63, 3.8) is 0 Å². The van der Waals surface area contributed by atoms with E-state index >= 15 is 0 Å². The average Bonchev–Trinajstić information content (AvgIpc) is 2.77. The molecule has 1 heterocycles. The molecule has 0 atom stereocenters. The molecule has 1 amide bonds. The van der Waals surface area contributed by atoms with Crippen LogP contribution in [-0.4, -0.2) is 45.4 Å². The topological polar surface area (TPSA) is 75.7 Å². The number of amides is 1. The summed E-state index contributed by atoms with van der Waals surface area (Å²) < 4.78 is 32.9. The fraction of sp³-hybridized carbons (Fsp3) is 0.458. The van der Waals surface area contributed by atoms with Gasteiger partial charge in [-0.1, -0.05) is 36.8 Å². The zero-order chi connectivity index (χ0) is 22.4. The van der Waals surface area contributed by atoms with Gasteiger partial charge >= 0.3 is 0 Å². The molecule has 0 radical (unpaired) electrons. The second-order valence-electron chi connectivity index (χ2n) is 8.29. The van der Waals surface area contributed by atoms with Crippen LogP contribution in [0.5, 0.6) is 5.75 Å². The Balaban J connectivity index is 1.66. The van der Waals surface area contributed by atoms with E-state index in [4.69, 9.17) is 4.74 Å². The second-order valence-corrected chi connectivity index (χ2v) is 10.2. The molecule has 6 nitrogen and oxygen atoms in total. The molecule has 1 fully saturated rings. The molecule has 2 aromatic carbocycles. The summed E-state index contributed by atoms with van der Waals surface area (Å²) in [6, 6.07) is 12.8. The zero-order valence-electron chi connectivity index (χ0n) is 18.6. The van der Waals surface area contributed by atoms with E-state index in [2.05, 4.69) is 43.4 Å². The maximum atomic E-state index is 13.1. The molecule has 1 saturated heterocycles. The van der Waals surface area contributed by atoms with E-state index in [1.807, 2.05) is 0 Å². The number of piperidine rings is 1. The third kappa shape index (κ3) is 5.86. The van der Waals surface area contributed by atoms with Gasteiger partial charge in [-0.2, -0.15) is 4.31 Å². The zero-order valence-corrected chi connectivity index (χ0v) is 19.4. The van der Waals surface area contributed by atoms with Gasteiger partial charge in [-0.15, -0.1) is 0 Å². The molecule has 0 bridgehead atoms. The van der Waals surface area contributed by atoms with Crippen LogP contribution >= 0.6 is 0 Å². The van der Waals surface area contributed by atoms with Crippen molar-refractivity contribution in [1.29, 1.82) is 0 Å². The van der Waals surface area contributed by atoms with Gasteiger partial charge in [0.2, 0.25) is 10.0 Å². The second kappa shape index (κ2) is 10.3. The van der Waals surface area contributed by atoms with Crippen molar-refractivity contribution in [1.82, 2.24) is 9.62 Å². The van der Waals surface area contributed by atoms with Crippen LogP contribution in [0.3, 0.4) is 0 Å². The van der Waals surface area contributed by atoms with Crippen molar-refractivity contribution in [2.24, 2.45) is 5.92 Å². The van der Waals surface area contributed by atoms with Crippen LogP contribution in [0.2, 0.25) is 0 Å². The molecule has 1 aliphatic rings. The number of rotatable bonds is 8. The van der Waals surface area contributed by atoms with Crippen LogP contribution in [-0.2, 0) is 16.4 Å². The van der Waals surface area contributed by atoms with E-state index < -0.39 is 10.0 Å². The fourth-order valence-corrected chi connectivity index (χ4v) is 5.24.